The summed E-state index contributed by atoms with van der Waals surface area (Å²) >= 11 is 0.590. The Bertz CT molecular complexity index is 607. The molecule has 0 amide bonds. The number of aromatic nitrogens is 3. The molecule has 20 heavy (non-hydrogen) atoms. The van der Waals surface area contributed by atoms with Crippen LogP contribution in [-0.4, -0.2) is 22.0 Å². The summed E-state index contributed by atoms with van der Waals surface area (Å²) in [6.07, 6.45) is -1.89. The van der Waals surface area contributed by atoms with Crippen molar-refractivity contribution in [2.75, 3.05) is 12.4 Å². The van der Waals surface area contributed by atoms with Gasteiger partial charge in [-0.1, -0.05) is 13.8 Å². The second-order valence-corrected chi connectivity index (χ2v) is 5.45. The molecule has 0 saturated carbocycles. The van der Waals surface area contributed by atoms with Gasteiger partial charge in [0, 0.05) is 18.8 Å². The van der Waals surface area contributed by atoms with E-state index in [1.54, 1.807) is 7.05 Å². The lowest BCUT2D eigenvalue weighted by Gasteiger charge is -2.14. The first kappa shape index (κ1) is 14.7. The fraction of sp³-hybridized carbons (Fsp3) is 0.417. The van der Waals surface area contributed by atoms with Gasteiger partial charge in [-0.05, 0) is 5.92 Å². The number of anilines is 1. The van der Waals surface area contributed by atoms with Gasteiger partial charge in [0.25, 0.3) is 0 Å². The Balaban J connectivity index is 2.55. The van der Waals surface area contributed by atoms with Crippen LogP contribution in [0.5, 0.6) is 0 Å². The van der Waals surface area contributed by atoms with Crippen molar-refractivity contribution in [1.82, 2.24) is 15.0 Å². The van der Waals surface area contributed by atoms with Crippen LogP contribution in [0.4, 0.5) is 19.0 Å². The van der Waals surface area contributed by atoms with Crippen molar-refractivity contribution in [2.24, 2.45) is 0 Å². The Morgan fingerprint density at radius 1 is 1.20 bits per heavy atom. The standard InChI is InChI=1S/C12H13F3N4S/c1-6(2)8-9(18-5-19-10(8)16-3)7-4-17-11(20-7)12(13,14)15/h4-6H,1-3H3,(H,16,18,19). The van der Waals surface area contributed by atoms with Gasteiger partial charge in [-0.2, -0.15) is 13.2 Å². The molecule has 0 aromatic carbocycles. The largest absolute Gasteiger partial charge is 0.443 e. The summed E-state index contributed by atoms with van der Waals surface area (Å²) in [7, 11) is 1.71. The van der Waals surface area contributed by atoms with Crippen molar-refractivity contribution in [3.63, 3.8) is 0 Å². The molecule has 2 aromatic heterocycles. The Kier molecular flexibility index (Phi) is 3.94. The van der Waals surface area contributed by atoms with Gasteiger partial charge in [0.2, 0.25) is 0 Å². The van der Waals surface area contributed by atoms with Gasteiger partial charge < -0.3 is 5.32 Å². The Morgan fingerprint density at radius 2 is 1.90 bits per heavy atom. The third-order valence-corrected chi connectivity index (χ3v) is 3.73. The van der Waals surface area contributed by atoms with Crippen molar-refractivity contribution in [2.45, 2.75) is 25.9 Å². The van der Waals surface area contributed by atoms with Gasteiger partial charge in [0.15, 0.2) is 5.01 Å². The Hall–Kier alpha value is -1.70. The van der Waals surface area contributed by atoms with Crippen molar-refractivity contribution in [3.05, 3.63) is 23.1 Å². The van der Waals surface area contributed by atoms with Crippen LogP contribution >= 0.6 is 11.3 Å². The number of thiazole rings is 1. The van der Waals surface area contributed by atoms with Gasteiger partial charge in [-0.25, -0.2) is 15.0 Å². The minimum atomic E-state index is -4.43. The molecular weight excluding hydrogens is 289 g/mol. The minimum Gasteiger partial charge on any atom is -0.373 e. The number of hydrogen-bond donors (Lipinski definition) is 1. The molecule has 4 nitrogen and oxygen atoms in total. The third kappa shape index (κ3) is 2.74. The predicted octanol–water partition coefficient (Wildman–Crippen LogP) is 3.78. The number of hydrogen-bond acceptors (Lipinski definition) is 5. The van der Waals surface area contributed by atoms with E-state index in [1.807, 2.05) is 13.8 Å². The fourth-order valence-corrected chi connectivity index (χ4v) is 2.65. The highest BCUT2D eigenvalue weighted by molar-refractivity contribution is 7.15. The average molecular weight is 302 g/mol. The zero-order valence-corrected chi connectivity index (χ0v) is 11.9. The second-order valence-electron chi connectivity index (χ2n) is 4.42. The van der Waals surface area contributed by atoms with Gasteiger partial charge >= 0.3 is 6.18 Å². The van der Waals surface area contributed by atoms with E-state index in [1.165, 1.54) is 12.5 Å². The molecule has 0 aliphatic heterocycles. The SMILES string of the molecule is CNc1ncnc(-c2cnc(C(F)(F)F)s2)c1C(C)C. The maximum Gasteiger partial charge on any atom is 0.443 e. The maximum atomic E-state index is 12.6. The molecular formula is C12H13F3N4S. The molecule has 0 atom stereocenters. The monoisotopic (exact) mass is 302 g/mol. The molecule has 0 bridgehead atoms. The molecule has 0 spiro atoms. The summed E-state index contributed by atoms with van der Waals surface area (Å²) in [6, 6.07) is 0. The number of rotatable bonds is 3. The van der Waals surface area contributed by atoms with Crippen molar-refractivity contribution >= 4 is 17.2 Å². The smallest absolute Gasteiger partial charge is 0.373 e. The molecule has 2 rings (SSSR count). The first-order valence-electron chi connectivity index (χ1n) is 5.90. The van der Waals surface area contributed by atoms with Crippen LogP contribution in [0.25, 0.3) is 10.6 Å². The van der Waals surface area contributed by atoms with E-state index in [2.05, 4.69) is 20.3 Å². The summed E-state index contributed by atoms with van der Waals surface area (Å²) in [5.74, 6) is 0.692. The lowest BCUT2D eigenvalue weighted by molar-refractivity contribution is -0.137. The van der Waals surface area contributed by atoms with Crippen molar-refractivity contribution < 1.29 is 13.2 Å². The van der Waals surface area contributed by atoms with Crippen LogP contribution in [0.3, 0.4) is 0 Å². The first-order valence-corrected chi connectivity index (χ1v) is 6.72. The Morgan fingerprint density at radius 3 is 2.40 bits per heavy atom. The molecule has 0 fully saturated rings. The van der Waals surface area contributed by atoms with Gasteiger partial charge in [-0.15, -0.1) is 11.3 Å². The summed E-state index contributed by atoms with van der Waals surface area (Å²) in [5.41, 5.74) is 1.28. The van der Waals surface area contributed by atoms with E-state index < -0.39 is 11.2 Å². The molecule has 108 valence electrons. The third-order valence-electron chi connectivity index (χ3n) is 2.68. The topological polar surface area (TPSA) is 50.7 Å². The molecule has 8 heteroatoms. The fourth-order valence-electron chi connectivity index (χ4n) is 1.85. The van der Waals surface area contributed by atoms with Crippen molar-refractivity contribution in [1.29, 1.82) is 0 Å². The number of nitrogens with zero attached hydrogens (tertiary/aromatic N) is 3. The van der Waals surface area contributed by atoms with E-state index >= 15 is 0 Å². The molecule has 0 radical (unpaired) electrons. The van der Waals surface area contributed by atoms with Crippen molar-refractivity contribution in [3.8, 4) is 10.6 Å². The lowest BCUT2D eigenvalue weighted by atomic mass is 10.0. The van der Waals surface area contributed by atoms with Crippen LogP contribution in [0.2, 0.25) is 0 Å². The average Bonchev–Trinajstić information content (AvgIpc) is 2.86. The van der Waals surface area contributed by atoms with Crippen LogP contribution in [-0.2, 0) is 6.18 Å². The molecule has 0 unspecified atom stereocenters. The first-order chi connectivity index (χ1) is 9.34. The molecule has 1 N–H and O–H groups in total. The highest BCUT2D eigenvalue weighted by Crippen LogP contribution is 2.39. The number of halogens is 3. The molecule has 0 saturated heterocycles. The molecule has 0 aliphatic carbocycles. The van der Waals surface area contributed by atoms with Gasteiger partial charge in [0.05, 0.1) is 10.6 Å². The van der Waals surface area contributed by atoms with E-state index in [0.717, 1.165) is 5.56 Å². The van der Waals surface area contributed by atoms with Crippen LogP contribution in [0.15, 0.2) is 12.5 Å². The zero-order valence-electron chi connectivity index (χ0n) is 11.1. The lowest BCUT2D eigenvalue weighted by Crippen LogP contribution is -2.04. The quantitative estimate of drug-likeness (QED) is 0.937. The molecule has 2 heterocycles. The van der Waals surface area contributed by atoms with Crippen LogP contribution in [0.1, 0.15) is 30.3 Å². The number of alkyl halides is 3. The van der Waals surface area contributed by atoms with Gasteiger partial charge in [-0.3, -0.25) is 0 Å². The normalized spacial score (nSPS) is 11.9. The summed E-state index contributed by atoms with van der Waals surface area (Å²) in [5, 5.41) is 2.07. The highest BCUT2D eigenvalue weighted by atomic mass is 32.1. The summed E-state index contributed by atoms with van der Waals surface area (Å²) < 4.78 is 37.9. The molecule has 2 aromatic rings. The summed E-state index contributed by atoms with van der Waals surface area (Å²) in [4.78, 5) is 12.0. The molecule has 0 aliphatic rings. The highest BCUT2D eigenvalue weighted by Gasteiger charge is 2.35. The predicted molar refractivity (Wildman–Crippen MR) is 71.8 cm³/mol. The zero-order chi connectivity index (χ0) is 14.9. The van der Waals surface area contributed by atoms with E-state index in [0.29, 0.717) is 27.7 Å². The van der Waals surface area contributed by atoms with E-state index in [4.69, 9.17) is 0 Å². The second kappa shape index (κ2) is 5.35. The van der Waals surface area contributed by atoms with Crippen LogP contribution < -0.4 is 5.32 Å². The van der Waals surface area contributed by atoms with E-state index in [-0.39, 0.29) is 5.92 Å². The maximum absolute atomic E-state index is 12.6. The number of nitrogens with one attached hydrogen (secondary N) is 1. The van der Waals surface area contributed by atoms with E-state index in [9.17, 15) is 13.2 Å². The van der Waals surface area contributed by atoms with Crippen LogP contribution in [0, 0.1) is 0 Å². The minimum absolute atomic E-state index is 0.0742. The Labute approximate surface area is 118 Å². The van der Waals surface area contributed by atoms with Gasteiger partial charge in [0.1, 0.15) is 12.1 Å². The summed E-state index contributed by atoms with van der Waals surface area (Å²) in [6.45, 7) is 3.88.